The highest BCUT2D eigenvalue weighted by molar-refractivity contribution is 5.56. The van der Waals surface area contributed by atoms with Crippen molar-refractivity contribution in [1.29, 1.82) is 0 Å². The first-order valence-electron chi connectivity index (χ1n) is 11.9. The minimum absolute atomic E-state index is 0.655. The Morgan fingerprint density at radius 2 is 1.67 bits per heavy atom. The van der Waals surface area contributed by atoms with Gasteiger partial charge >= 0.3 is 0 Å². The number of anilines is 1. The molecule has 7 nitrogen and oxygen atoms in total. The number of methoxy groups -OCH3 is 1. The van der Waals surface area contributed by atoms with Gasteiger partial charge in [0.15, 0.2) is 0 Å². The molecular weight excluding hydrogens is 412 g/mol. The molecule has 1 aromatic carbocycles. The molecule has 1 saturated carbocycles. The van der Waals surface area contributed by atoms with Crippen molar-refractivity contribution in [2.45, 2.75) is 38.9 Å². The largest absolute Gasteiger partial charge is 0.497 e. The van der Waals surface area contributed by atoms with Crippen molar-refractivity contribution in [3.05, 3.63) is 65.6 Å². The Labute approximate surface area is 196 Å². The number of pyridine rings is 1. The number of piperazine rings is 1. The molecule has 2 aromatic heterocycles. The van der Waals surface area contributed by atoms with Gasteiger partial charge in [-0.2, -0.15) is 5.10 Å². The minimum Gasteiger partial charge on any atom is -0.497 e. The van der Waals surface area contributed by atoms with Gasteiger partial charge in [0.05, 0.1) is 18.5 Å². The van der Waals surface area contributed by atoms with E-state index in [0.717, 1.165) is 56.4 Å². The molecule has 1 aliphatic heterocycles. The molecule has 0 radical (unpaired) electrons. The fourth-order valence-corrected chi connectivity index (χ4v) is 4.66. The summed E-state index contributed by atoms with van der Waals surface area (Å²) in [5.41, 5.74) is 4.85. The van der Waals surface area contributed by atoms with E-state index in [1.165, 1.54) is 29.8 Å². The first kappa shape index (κ1) is 21.9. The molecule has 2 aliphatic rings. The van der Waals surface area contributed by atoms with Crippen molar-refractivity contribution >= 4 is 5.82 Å². The van der Waals surface area contributed by atoms with Crippen LogP contribution in [0.1, 0.15) is 29.7 Å². The van der Waals surface area contributed by atoms with Gasteiger partial charge in [0.1, 0.15) is 11.6 Å². The molecule has 3 aromatic rings. The molecule has 1 saturated heterocycles. The molecular formula is C26H34N6O. The zero-order valence-corrected chi connectivity index (χ0v) is 19.9. The van der Waals surface area contributed by atoms with Crippen LogP contribution in [0.5, 0.6) is 5.75 Å². The third kappa shape index (κ3) is 4.89. The van der Waals surface area contributed by atoms with Crippen molar-refractivity contribution in [2.75, 3.05) is 45.2 Å². The minimum atomic E-state index is 0.655. The van der Waals surface area contributed by atoms with E-state index in [1.807, 2.05) is 24.5 Å². The maximum atomic E-state index is 5.38. The molecule has 3 heterocycles. The summed E-state index contributed by atoms with van der Waals surface area (Å²) in [6.45, 7) is 8.17. The quantitative estimate of drug-likeness (QED) is 0.528. The van der Waals surface area contributed by atoms with Crippen LogP contribution >= 0.6 is 0 Å². The van der Waals surface area contributed by atoms with Crippen LogP contribution in [0.4, 0.5) is 5.82 Å². The number of aromatic nitrogens is 3. The summed E-state index contributed by atoms with van der Waals surface area (Å²) in [7, 11) is 3.91. The van der Waals surface area contributed by atoms with Crippen LogP contribution in [0.3, 0.4) is 0 Å². The molecule has 0 atom stereocenters. The second-order valence-electron chi connectivity index (χ2n) is 9.28. The zero-order chi connectivity index (χ0) is 22.8. The lowest BCUT2D eigenvalue weighted by molar-refractivity contribution is 0.245. The highest BCUT2D eigenvalue weighted by Crippen LogP contribution is 2.35. The van der Waals surface area contributed by atoms with Gasteiger partial charge in [-0.15, -0.1) is 0 Å². The van der Waals surface area contributed by atoms with E-state index >= 15 is 0 Å². The molecule has 0 N–H and O–H groups in total. The second kappa shape index (κ2) is 9.53. The Morgan fingerprint density at radius 1 is 0.970 bits per heavy atom. The van der Waals surface area contributed by atoms with Crippen LogP contribution in [0.2, 0.25) is 0 Å². The van der Waals surface area contributed by atoms with Crippen LogP contribution in [0.15, 0.2) is 48.8 Å². The summed E-state index contributed by atoms with van der Waals surface area (Å²) in [6.07, 6.45) is 6.34. The number of aryl methyl sites for hydroxylation is 1. The Bertz CT molecular complexity index is 1050. The Kier molecular flexibility index (Phi) is 6.33. The standard InChI is InChI=1S/C26H34N6O/c1-20-25(19-31(22-4-5-22)18-21-10-12-27-13-11-21)26(30-16-14-29(2)15-17-30)32(28-20)23-6-8-24(33-3)9-7-23/h6-13,22H,4-5,14-19H2,1-3H3. The molecule has 2 fully saturated rings. The number of ether oxygens (including phenoxy) is 1. The van der Waals surface area contributed by atoms with E-state index < -0.39 is 0 Å². The number of likely N-dealkylation sites (N-methyl/N-ethyl adjacent to an activating group) is 1. The van der Waals surface area contributed by atoms with Crippen molar-refractivity contribution in [1.82, 2.24) is 24.6 Å². The fraction of sp³-hybridized carbons (Fsp3) is 0.462. The molecule has 33 heavy (non-hydrogen) atoms. The van der Waals surface area contributed by atoms with E-state index in [-0.39, 0.29) is 0 Å². The van der Waals surface area contributed by atoms with E-state index in [4.69, 9.17) is 9.84 Å². The predicted molar refractivity (Wildman–Crippen MR) is 131 cm³/mol. The van der Waals surface area contributed by atoms with Crippen molar-refractivity contribution in [2.24, 2.45) is 0 Å². The predicted octanol–water partition coefficient (Wildman–Crippen LogP) is 3.50. The number of benzene rings is 1. The lowest BCUT2D eigenvalue weighted by Gasteiger charge is -2.35. The van der Waals surface area contributed by atoms with Gasteiger partial charge in [0, 0.05) is 63.3 Å². The highest BCUT2D eigenvalue weighted by atomic mass is 16.5. The summed E-state index contributed by atoms with van der Waals surface area (Å²) in [5, 5.41) is 5.05. The summed E-state index contributed by atoms with van der Waals surface area (Å²) in [6, 6.07) is 13.1. The number of hydrogen-bond acceptors (Lipinski definition) is 6. The molecule has 0 amide bonds. The Hall–Kier alpha value is -2.90. The van der Waals surface area contributed by atoms with Gasteiger partial charge in [-0.3, -0.25) is 9.88 Å². The molecule has 1 aliphatic carbocycles. The van der Waals surface area contributed by atoms with Crippen LogP contribution < -0.4 is 9.64 Å². The summed E-state index contributed by atoms with van der Waals surface area (Å²) < 4.78 is 7.52. The van der Waals surface area contributed by atoms with Crippen LogP contribution in [0.25, 0.3) is 5.69 Å². The molecule has 174 valence electrons. The Balaban J connectivity index is 1.50. The summed E-state index contributed by atoms with van der Waals surface area (Å²) in [4.78, 5) is 11.7. The average Bonchev–Trinajstić information content (AvgIpc) is 3.64. The number of rotatable bonds is 8. The maximum Gasteiger partial charge on any atom is 0.137 e. The molecule has 5 rings (SSSR count). The monoisotopic (exact) mass is 446 g/mol. The third-order valence-electron chi connectivity index (χ3n) is 6.84. The molecule has 0 unspecified atom stereocenters. The SMILES string of the molecule is COc1ccc(-n2nc(C)c(CN(Cc3ccncc3)C3CC3)c2N2CCN(C)CC2)cc1. The van der Waals surface area contributed by atoms with E-state index in [1.54, 1.807) is 7.11 Å². The lowest BCUT2D eigenvalue weighted by Crippen LogP contribution is -2.45. The summed E-state index contributed by atoms with van der Waals surface area (Å²) in [5.74, 6) is 2.10. The number of hydrogen-bond donors (Lipinski definition) is 0. The van der Waals surface area contributed by atoms with Crippen molar-refractivity contribution in [3.8, 4) is 11.4 Å². The van der Waals surface area contributed by atoms with E-state index in [2.05, 4.69) is 62.6 Å². The molecule has 0 spiro atoms. The van der Waals surface area contributed by atoms with Gasteiger partial charge in [0.25, 0.3) is 0 Å². The normalized spacial score (nSPS) is 17.0. The van der Waals surface area contributed by atoms with Crippen LogP contribution in [-0.2, 0) is 13.1 Å². The van der Waals surface area contributed by atoms with Gasteiger partial charge in [-0.05, 0) is 68.8 Å². The lowest BCUT2D eigenvalue weighted by atomic mass is 10.1. The smallest absolute Gasteiger partial charge is 0.137 e. The topological polar surface area (TPSA) is 49.7 Å². The van der Waals surface area contributed by atoms with Crippen LogP contribution in [-0.4, -0.2) is 70.9 Å². The summed E-state index contributed by atoms with van der Waals surface area (Å²) >= 11 is 0. The van der Waals surface area contributed by atoms with E-state index in [0.29, 0.717) is 6.04 Å². The fourth-order valence-electron chi connectivity index (χ4n) is 4.66. The second-order valence-corrected chi connectivity index (χ2v) is 9.28. The third-order valence-corrected chi connectivity index (χ3v) is 6.84. The van der Waals surface area contributed by atoms with Gasteiger partial charge in [-0.1, -0.05) is 0 Å². The van der Waals surface area contributed by atoms with Gasteiger partial charge in [-0.25, -0.2) is 4.68 Å². The number of nitrogens with zero attached hydrogens (tertiary/aromatic N) is 6. The average molecular weight is 447 g/mol. The van der Waals surface area contributed by atoms with E-state index in [9.17, 15) is 0 Å². The van der Waals surface area contributed by atoms with Gasteiger partial charge < -0.3 is 14.5 Å². The first-order valence-corrected chi connectivity index (χ1v) is 11.9. The van der Waals surface area contributed by atoms with Crippen LogP contribution in [0, 0.1) is 6.92 Å². The zero-order valence-electron chi connectivity index (χ0n) is 19.9. The molecule has 7 heteroatoms. The first-order chi connectivity index (χ1) is 16.1. The van der Waals surface area contributed by atoms with Crippen molar-refractivity contribution in [3.63, 3.8) is 0 Å². The molecule has 0 bridgehead atoms. The highest BCUT2D eigenvalue weighted by Gasteiger charge is 2.32. The van der Waals surface area contributed by atoms with Gasteiger partial charge in [0.2, 0.25) is 0 Å². The Morgan fingerprint density at radius 3 is 2.30 bits per heavy atom. The maximum absolute atomic E-state index is 5.38. The van der Waals surface area contributed by atoms with Crippen molar-refractivity contribution < 1.29 is 4.74 Å².